The Bertz CT molecular complexity index is 910. The molecule has 3 rings (SSSR count). The van der Waals surface area contributed by atoms with Gasteiger partial charge in [-0.05, 0) is 25.5 Å². The van der Waals surface area contributed by atoms with E-state index in [1.165, 1.54) is 29.2 Å². The third-order valence-corrected chi connectivity index (χ3v) is 5.45. The number of hydrogen-bond donors (Lipinski definition) is 1. The summed E-state index contributed by atoms with van der Waals surface area (Å²) in [6, 6.07) is 6.42. The number of nitrogens with zero attached hydrogens (tertiary/aromatic N) is 5. The molecule has 7 nitrogen and oxygen atoms in total. The van der Waals surface area contributed by atoms with Crippen LogP contribution in [0.4, 0.5) is 9.52 Å². The molecule has 1 aromatic carbocycles. The van der Waals surface area contributed by atoms with Crippen LogP contribution >= 0.6 is 23.1 Å². The van der Waals surface area contributed by atoms with Gasteiger partial charge in [0.2, 0.25) is 11.0 Å². The second kappa shape index (κ2) is 8.37. The highest BCUT2D eigenvalue weighted by Crippen LogP contribution is 2.26. The first-order chi connectivity index (χ1) is 12.6. The second-order valence-corrected chi connectivity index (χ2v) is 7.23. The minimum absolute atomic E-state index is 0.149. The van der Waals surface area contributed by atoms with Gasteiger partial charge in [-0.15, -0.1) is 20.4 Å². The molecule has 2 aromatic heterocycles. The molecule has 1 amide bonds. The lowest BCUT2D eigenvalue weighted by Crippen LogP contribution is -2.14. The minimum atomic E-state index is -0.355. The quantitative estimate of drug-likeness (QED) is 0.621. The van der Waals surface area contributed by atoms with Gasteiger partial charge >= 0.3 is 0 Å². The maximum Gasteiger partial charge on any atom is 0.236 e. The number of aryl methyl sites for hydroxylation is 1. The number of thioether (sulfide) groups is 1. The van der Waals surface area contributed by atoms with E-state index in [9.17, 15) is 9.18 Å². The number of carbonyl (C=O) groups excluding carboxylic acids is 1. The smallest absolute Gasteiger partial charge is 0.236 e. The molecule has 0 radical (unpaired) electrons. The lowest BCUT2D eigenvalue weighted by atomic mass is 10.2. The molecule has 0 saturated carbocycles. The number of hydrogen-bond acceptors (Lipinski definition) is 7. The Kier molecular flexibility index (Phi) is 5.94. The van der Waals surface area contributed by atoms with Gasteiger partial charge in [-0.1, -0.05) is 42.2 Å². The molecule has 0 fully saturated rings. The Morgan fingerprint density at radius 1 is 1.23 bits per heavy atom. The van der Waals surface area contributed by atoms with Gasteiger partial charge in [-0.2, -0.15) is 0 Å². The fourth-order valence-corrected chi connectivity index (χ4v) is 3.75. The average molecular weight is 392 g/mol. The van der Waals surface area contributed by atoms with Crippen molar-refractivity contribution in [2.24, 2.45) is 0 Å². The number of anilines is 1. The van der Waals surface area contributed by atoms with E-state index in [0.29, 0.717) is 28.2 Å². The van der Waals surface area contributed by atoms with Crippen LogP contribution < -0.4 is 5.32 Å². The molecule has 0 aliphatic carbocycles. The van der Waals surface area contributed by atoms with Gasteiger partial charge in [-0.3, -0.25) is 10.1 Å². The summed E-state index contributed by atoms with van der Waals surface area (Å²) in [4.78, 5) is 12.1. The van der Waals surface area contributed by atoms with E-state index in [1.807, 2.05) is 13.8 Å². The van der Waals surface area contributed by atoms with Crippen molar-refractivity contribution in [2.75, 3.05) is 11.1 Å². The van der Waals surface area contributed by atoms with Gasteiger partial charge in [0, 0.05) is 6.54 Å². The van der Waals surface area contributed by atoms with E-state index in [4.69, 9.17) is 0 Å². The van der Waals surface area contributed by atoms with Gasteiger partial charge in [-0.25, -0.2) is 4.39 Å². The summed E-state index contributed by atoms with van der Waals surface area (Å²) in [7, 11) is 0. The van der Waals surface area contributed by atoms with E-state index in [-0.39, 0.29) is 17.5 Å². The third kappa shape index (κ3) is 4.07. The maximum absolute atomic E-state index is 14.0. The first-order valence-electron chi connectivity index (χ1n) is 8.05. The molecule has 0 aliphatic heterocycles. The molecular weight excluding hydrogens is 375 g/mol. The van der Waals surface area contributed by atoms with Crippen LogP contribution in [0.15, 0.2) is 29.4 Å². The molecule has 0 bridgehead atoms. The molecule has 1 N–H and O–H groups in total. The molecule has 0 saturated heterocycles. The van der Waals surface area contributed by atoms with Crippen molar-refractivity contribution in [1.29, 1.82) is 0 Å². The molecule has 3 aromatic rings. The number of amides is 1. The Morgan fingerprint density at radius 3 is 2.73 bits per heavy atom. The zero-order valence-corrected chi connectivity index (χ0v) is 15.9. The van der Waals surface area contributed by atoms with E-state index >= 15 is 0 Å². The number of carbonyl (C=O) groups is 1. The van der Waals surface area contributed by atoms with E-state index in [1.54, 1.807) is 22.8 Å². The highest BCUT2D eigenvalue weighted by molar-refractivity contribution is 7.99. The molecule has 136 valence electrons. The van der Waals surface area contributed by atoms with Gasteiger partial charge in [0.25, 0.3) is 0 Å². The van der Waals surface area contributed by atoms with Crippen molar-refractivity contribution in [1.82, 2.24) is 25.0 Å². The topological polar surface area (TPSA) is 85.6 Å². The lowest BCUT2D eigenvalue weighted by Gasteiger charge is -2.07. The van der Waals surface area contributed by atoms with Crippen LogP contribution in [-0.2, 0) is 17.8 Å². The Morgan fingerprint density at radius 2 is 2.04 bits per heavy atom. The zero-order valence-electron chi connectivity index (χ0n) is 14.3. The highest BCUT2D eigenvalue weighted by Gasteiger charge is 2.17. The molecule has 10 heteroatoms. The highest BCUT2D eigenvalue weighted by atomic mass is 32.2. The summed E-state index contributed by atoms with van der Waals surface area (Å²) in [5, 5.41) is 20.7. The summed E-state index contributed by atoms with van der Waals surface area (Å²) >= 11 is 2.60. The SMILES string of the molecule is CCc1nnc(NC(=O)CSc2nnc(-c3ccccc3F)n2CC)s1. The average Bonchev–Trinajstić information content (AvgIpc) is 3.26. The van der Waals surface area contributed by atoms with Gasteiger partial charge < -0.3 is 4.57 Å². The first-order valence-corrected chi connectivity index (χ1v) is 9.85. The number of benzene rings is 1. The number of rotatable bonds is 7. The number of aromatic nitrogens is 5. The van der Waals surface area contributed by atoms with Gasteiger partial charge in [0.1, 0.15) is 10.8 Å². The Hall–Kier alpha value is -2.33. The van der Waals surface area contributed by atoms with E-state index in [2.05, 4.69) is 25.7 Å². The van der Waals surface area contributed by atoms with Crippen LogP contribution in [0.5, 0.6) is 0 Å². The summed E-state index contributed by atoms with van der Waals surface area (Å²) in [5.74, 6) is 0.0418. The number of halogens is 1. The standard InChI is InChI=1S/C16H17FN6OS2/c1-3-13-19-21-15(26-13)18-12(24)9-25-16-22-20-14(23(16)4-2)10-7-5-6-8-11(10)17/h5-8H,3-4,9H2,1-2H3,(H,18,21,24). The fraction of sp³-hybridized carbons (Fsp3) is 0.312. The van der Waals surface area contributed by atoms with E-state index in [0.717, 1.165) is 11.4 Å². The Balaban J connectivity index is 1.68. The van der Waals surface area contributed by atoms with Crippen LogP contribution in [0.3, 0.4) is 0 Å². The zero-order chi connectivity index (χ0) is 18.5. The van der Waals surface area contributed by atoms with Crippen molar-refractivity contribution >= 4 is 34.1 Å². The number of nitrogens with one attached hydrogen (secondary N) is 1. The molecule has 2 heterocycles. The van der Waals surface area contributed by atoms with Crippen molar-refractivity contribution < 1.29 is 9.18 Å². The second-order valence-electron chi connectivity index (χ2n) is 5.22. The lowest BCUT2D eigenvalue weighted by molar-refractivity contribution is -0.113. The van der Waals surface area contributed by atoms with Crippen molar-refractivity contribution in [3.63, 3.8) is 0 Å². The largest absolute Gasteiger partial charge is 0.302 e. The van der Waals surface area contributed by atoms with Crippen LogP contribution in [-0.4, -0.2) is 36.6 Å². The first kappa shape index (κ1) is 18.5. The predicted octanol–water partition coefficient (Wildman–Crippen LogP) is 3.25. The summed E-state index contributed by atoms with van der Waals surface area (Å²) in [6.45, 7) is 4.47. The summed E-state index contributed by atoms with van der Waals surface area (Å²) in [5.41, 5.74) is 0.388. The summed E-state index contributed by atoms with van der Waals surface area (Å²) < 4.78 is 15.8. The normalized spacial score (nSPS) is 10.9. The van der Waals surface area contributed by atoms with Crippen molar-refractivity contribution in [3.05, 3.63) is 35.1 Å². The Labute approximate surface area is 158 Å². The molecule has 26 heavy (non-hydrogen) atoms. The van der Waals surface area contributed by atoms with Gasteiger partial charge in [0.05, 0.1) is 11.3 Å². The monoisotopic (exact) mass is 392 g/mol. The molecular formula is C16H17FN6OS2. The van der Waals surface area contributed by atoms with Crippen LogP contribution in [0.1, 0.15) is 18.9 Å². The van der Waals surface area contributed by atoms with Crippen LogP contribution in [0, 0.1) is 5.82 Å². The molecule has 0 atom stereocenters. The molecule has 0 spiro atoms. The third-order valence-electron chi connectivity index (χ3n) is 3.50. The minimum Gasteiger partial charge on any atom is -0.302 e. The van der Waals surface area contributed by atoms with Crippen molar-refractivity contribution in [3.8, 4) is 11.4 Å². The fourth-order valence-electron chi connectivity index (χ4n) is 2.25. The van der Waals surface area contributed by atoms with Crippen molar-refractivity contribution in [2.45, 2.75) is 32.0 Å². The maximum atomic E-state index is 14.0. The summed E-state index contributed by atoms with van der Waals surface area (Å²) in [6.07, 6.45) is 0.778. The van der Waals surface area contributed by atoms with Crippen LogP contribution in [0.2, 0.25) is 0 Å². The van der Waals surface area contributed by atoms with E-state index < -0.39 is 0 Å². The van der Waals surface area contributed by atoms with Crippen LogP contribution in [0.25, 0.3) is 11.4 Å². The van der Waals surface area contributed by atoms with Gasteiger partial charge in [0.15, 0.2) is 11.0 Å². The molecule has 0 unspecified atom stereocenters. The molecule has 0 aliphatic rings. The predicted molar refractivity (Wildman–Crippen MR) is 99.7 cm³/mol.